The lowest BCUT2D eigenvalue weighted by atomic mass is 9.93. The third kappa shape index (κ3) is 7.38. The molecule has 0 aromatic rings. The van der Waals surface area contributed by atoms with Crippen molar-refractivity contribution in [3.8, 4) is 0 Å². The average molecular weight is 292 g/mol. The van der Waals surface area contributed by atoms with Gasteiger partial charge in [-0.2, -0.15) is 0 Å². The first-order valence-corrected chi connectivity index (χ1v) is 6.78. The van der Waals surface area contributed by atoms with Gasteiger partial charge < -0.3 is 15.5 Å². The molecule has 0 unspecified atom stereocenters. The summed E-state index contributed by atoms with van der Waals surface area (Å²) in [6.45, 7) is 2.65. The molecule has 2 amide bonds. The van der Waals surface area contributed by atoms with Gasteiger partial charge in [0.15, 0.2) is 0 Å². The highest BCUT2D eigenvalue weighted by atomic mass is 35.5. The molecular formula is C13H26ClN3O2. The normalized spacial score (nSPS) is 15.5. The molecule has 1 heterocycles. The Hall–Kier alpha value is -0.810. The van der Waals surface area contributed by atoms with Crippen LogP contribution in [0.1, 0.15) is 32.1 Å². The number of nitrogens with one attached hydrogen (secondary N) is 2. The largest absolute Gasteiger partial charge is 0.359 e. The number of nitrogens with zero attached hydrogens (tertiary/aromatic N) is 1. The number of carbonyl (C=O) groups is 2. The Morgan fingerprint density at radius 2 is 1.89 bits per heavy atom. The van der Waals surface area contributed by atoms with Gasteiger partial charge in [0.25, 0.3) is 0 Å². The van der Waals surface area contributed by atoms with Gasteiger partial charge in [0.2, 0.25) is 11.8 Å². The van der Waals surface area contributed by atoms with Crippen LogP contribution >= 0.6 is 12.4 Å². The van der Waals surface area contributed by atoms with Crippen LogP contribution in [0.25, 0.3) is 0 Å². The maximum Gasteiger partial charge on any atom is 0.222 e. The van der Waals surface area contributed by atoms with E-state index in [2.05, 4.69) is 10.6 Å². The molecule has 1 aliphatic heterocycles. The molecule has 0 radical (unpaired) electrons. The molecule has 0 aromatic heterocycles. The highest BCUT2D eigenvalue weighted by Crippen LogP contribution is 2.18. The summed E-state index contributed by atoms with van der Waals surface area (Å²) in [5, 5.41) is 5.88. The summed E-state index contributed by atoms with van der Waals surface area (Å²) in [6.07, 6.45) is 4.32. The van der Waals surface area contributed by atoms with E-state index in [4.69, 9.17) is 0 Å². The van der Waals surface area contributed by atoms with Crippen molar-refractivity contribution in [2.45, 2.75) is 32.1 Å². The molecule has 19 heavy (non-hydrogen) atoms. The number of amides is 2. The van der Waals surface area contributed by atoms with Crippen LogP contribution in [0.3, 0.4) is 0 Å². The SMILES string of the molecule is CNC(=O)CCN(C)C(=O)CCC1CCNCC1.Cl. The standard InChI is InChI=1S/C13H25N3O2.ClH/c1-14-12(17)7-10-16(2)13(18)4-3-11-5-8-15-9-6-11;/h11,15H,3-10H2,1-2H3,(H,14,17);1H. The Kier molecular flexibility index (Phi) is 9.61. The molecule has 0 saturated carbocycles. The summed E-state index contributed by atoms with van der Waals surface area (Å²) in [5.41, 5.74) is 0. The topological polar surface area (TPSA) is 61.4 Å². The smallest absolute Gasteiger partial charge is 0.222 e. The van der Waals surface area contributed by atoms with Gasteiger partial charge in [-0.1, -0.05) is 0 Å². The van der Waals surface area contributed by atoms with E-state index in [9.17, 15) is 9.59 Å². The zero-order valence-electron chi connectivity index (χ0n) is 11.9. The van der Waals surface area contributed by atoms with Crippen molar-refractivity contribution in [1.82, 2.24) is 15.5 Å². The Morgan fingerprint density at radius 3 is 2.47 bits per heavy atom. The first-order valence-electron chi connectivity index (χ1n) is 6.78. The van der Waals surface area contributed by atoms with Crippen molar-refractivity contribution in [3.05, 3.63) is 0 Å². The summed E-state index contributed by atoms with van der Waals surface area (Å²) >= 11 is 0. The zero-order valence-corrected chi connectivity index (χ0v) is 12.7. The van der Waals surface area contributed by atoms with Crippen molar-refractivity contribution >= 4 is 24.2 Å². The van der Waals surface area contributed by atoms with Crippen LogP contribution in [0.4, 0.5) is 0 Å². The van der Waals surface area contributed by atoms with Gasteiger partial charge >= 0.3 is 0 Å². The van der Waals surface area contributed by atoms with E-state index < -0.39 is 0 Å². The zero-order chi connectivity index (χ0) is 13.4. The maximum atomic E-state index is 11.9. The van der Waals surface area contributed by atoms with Crippen LogP contribution in [-0.2, 0) is 9.59 Å². The Balaban J connectivity index is 0.00000324. The van der Waals surface area contributed by atoms with Gasteiger partial charge in [-0.3, -0.25) is 9.59 Å². The Bertz CT molecular complexity index is 281. The van der Waals surface area contributed by atoms with Crippen molar-refractivity contribution in [2.75, 3.05) is 33.7 Å². The predicted octanol–water partition coefficient (Wildman–Crippen LogP) is 0.782. The maximum absolute atomic E-state index is 11.9. The van der Waals surface area contributed by atoms with E-state index >= 15 is 0 Å². The summed E-state index contributed by atoms with van der Waals surface area (Å²) < 4.78 is 0. The summed E-state index contributed by atoms with van der Waals surface area (Å²) in [6, 6.07) is 0. The lowest BCUT2D eigenvalue weighted by molar-refractivity contribution is -0.130. The van der Waals surface area contributed by atoms with Crippen molar-refractivity contribution in [2.24, 2.45) is 5.92 Å². The molecular weight excluding hydrogens is 266 g/mol. The van der Waals surface area contributed by atoms with Gasteiger partial charge in [-0.15, -0.1) is 12.4 Å². The van der Waals surface area contributed by atoms with Gasteiger partial charge in [0, 0.05) is 33.5 Å². The van der Waals surface area contributed by atoms with E-state index in [-0.39, 0.29) is 24.2 Å². The highest BCUT2D eigenvalue weighted by molar-refractivity contribution is 5.85. The van der Waals surface area contributed by atoms with E-state index in [1.54, 1.807) is 19.0 Å². The second kappa shape index (κ2) is 10.0. The molecule has 1 aliphatic rings. The quantitative estimate of drug-likeness (QED) is 0.760. The summed E-state index contributed by atoms with van der Waals surface area (Å²) in [5.74, 6) is 0.813. The second-order valence-corrected chi connectivity index (χ2v) is 4.97. The van der Waals surface area contributed by atoms with Crippen LogP contribution in [0.15, 0.2) is 0 Å². The minimum absolute atomic E-state index is 0. The minimum atomic E-state index is -0.0204. The molecule has 6 heteroatoms. The third-order valence-electron chi connectivity index (χ3n) is 3.60. The van der Waals surface area contributed by atoms with Crippen LogP contribution in [0.2, 0.25) is 0 Å². The van der Waals surface area contributed by atoms with E-state index in [0.29, 0.717) is 25.3 Å². The third-order valence-corrected chi connectivity index (χ3v) is 3.60. The summed E-state index contributed by atoms with van der Waals surface area (Å²) in [4.78, 5) is 24.6. The molecule has 1 rings (SSSR count). The van der Waals surface area contributed by atoms with Gasteiger partial charge in [0.1, 0.15) is 0 Å². The van der Waals surface area contributed by atoms with Crippen molar-refractivity contribution < 1.29 is 9.59 Å². The molecule has 5 nitrogen and oxygen atoms in total. The number of piperidine rings is 1. The van der Waals surface area contributed by atoms with Crippen molar-refractivity contribution in [3.63, 3.8) is 0 Å². The lowest BCUT2D eigenvalue weighted by Gasteiger charge is -2.23. The van der Waals surface area contributed by atoms with Gasteiger partial charge in [-0.05, 0) is 38.3 Å². The molecule has 0 spiro atoms. The monoisotopic (exact) mass is 291 g/mol. The molecule has 1 fully saturated rings. The highest BCUT2D eigenvalue weighted by Gasteiger charge is 2.16. The fourth-order valence-corrected chi connectivity index (χ4v) is 2.21. The van der Waals surface area contributed by atoms with Crippen LogP contribution in [0, 0.1) is 5.92 Å². The first-order chi connectivity index (χ1) is 8.63. The molecule has 0 aromatic carbocycles. The van der Waals surface area contributed by atoms with Crippen LogP contribution in [0.5, 0.6) is 0 Å². The van der Waals surface area contributed by atoms with Gasteiger partial charge in [0.05, 0.1) is 0 Å². The fraction of sp³-hybridized carbons (Fsp3) is 0.846. The molecule has 0 bridgehead atoms. The predicted molar refractivity (Wildman–Crippen MR) is 78.4 cm³/mol. The van der Waals surface area contributed by atoms with Gasteiger partial charge in [-0.25, -0.2) is 0 Å². The lowest BCUT2D eigenvalue weighted by Crippen LogP contribution is -2.32. The first kappa shape index (κ1) is 18.2. The Labute approximate surface area is 121 Å². The molecule has 2 N–H and O–H groups in total. The fourth-order valence-electron chi connectivity index (χ4n) is 2.21. The second-order valence-electron chi connectivity index (χ2n) is 4.97. The number of hydrogen-bond donors (Lipinski definition) is 2. The molecule has 0 atom stereocenters. The average Bonchev–Trinajstić information content (AvgIpc) is 2.42. The van der Waals surface area contributed by atoms with E-state index in [1.165, 1.54) is 12.8 Å². The number of hydrogen-bond acceptors (Lipinski definition) is 3. The molecule has 0 aliphatic carbocycles. The molecule has 1 saturated heterocycles. The number of carbonyl (C=O) groups excluding carboxylic acids is 2. The Morgan fingerprint density at radius 1 is 1.26 bits per heavy atom. The minimum Gasteiger partial charge on any atom is -0.359 e. The molecule has 112 valence electrons. The number of halogens is 1. The van der Waals surface area contributed by atoms with Crippen LogP contribution in [-0.4, -0.2) is 50.4 Å². The number of rotatable bonds is 6. The summed E-state index contributed by atoms with van der Waals surface area (Å²) in [7, 11) is 3.38. The van der Waals surface area contributed by atoms with E-state index in [0.717, 1.165) is 19.5 Å². The van der Waals surface area contributed by atoms with Crippen LogP contribution < -0.4 is 10.6 Å². The van der Waals surface area contributed by atoms with E-state index in [1.807, 2.05) is 0 Å². The van der Waals surface area contributed by atoms with Crippen molar-refractivity contribution in [1.29, 1.82) is 0 Å².